The van der Waals surface area contributed by atoms with E-state index >= 15 is 0 Å². The Kier molecular flexibility index (Phi) is 11.5. The summed E-state index contributed by atoms with van der Waals surface area (Å²) in [5.41, 5.74) is 4.69. The van der Waals surface area contributed by atoms with Crippen LogP contribution in [0.5, 0.6) is 0 Å². The zero-order valence-corrected chi connectivity index (χ0v) is 28.2. The van der Waals surface area contributed by atoms with Crippen molar-refractivity contribution in [2.75, 3.05) is 39.3 Å². The van der Waals surface area contributed by atoms with Crippen LogP contribution in [-0.2, 0) is 38.8 Å². The van der Waals surface area contributed by atoms with Gasteiger partial charge < -0.3 is 24.8 Å². The molecule has 50 heavy (non-hydrogen) atoms. The molecule has 3 heterocycles. The number of hydrogen-bond donors (Lipinski definition) is 2. The average molecular weight is 695 g/mol. The highest BCUT2D eigenvalue weighted by atomic mass is 19.4. The zero-order valence-electron chi connectivity index (χ0n) is 28.2. The van der Waals surface area contributed by atoms with Gasteiger partial charge in [-0.3, -0.25) is 19.4 Å². The minimum Gasteiger partial charge on any atom is -0.392 e. The first kappa shape index (κ1) is 36.0. The standard InChI is InChI=1S/C38H45F3N4O5/c1-26-33(24-44-20-18-43(19-21-44)23-28-6-3-2-4-7-28)49-36(50-34(26)30-13-11-29(25-46)12-14-30)31-15-9-27(10-16-31)22-42-35(47)32-8-5-17-45(32)37(48)38(39,40)41/h2-4,6-7,9-16,26,32-34,36,46H,5,8,17-25H2,1H3,(H,42,47). The normalized spacial score (nSPS) is 25.1. The van der Waals surface area contributed by atoms with Gasteiger partial charge in [0.2, 0.25) is 5.91 Å². The van der Waals surface area contributed by atoms with E-state index in [2.05, 4.69) is 46.3 Å². The molecule has 0 spiro atoms. The lowest BCUT2D eigenvalue weighted by atomic mass is 9.90. The van der Waals surface area contributed by atoms with Gasteiger partial charge in [-0.2, -0.15) is 13.2 Å². The van der Waals surface area contributed by atoms with E-state index in [4.69, 9.17) is 9.47 Å². The van der Waals surface area contributed by atoms with Gasteiger partial charge in [0.05, 0.1) is 18.8 Å². The first-order valence-electron chi connectivity index (χ1n) is 17.3. The van der Waals surface area contributed by atoms with Crippen LogP contribution < -0.4 is 5.32 Å². The second-order valence-corrected chi connectivity index (χ2v) is 13.5. The summed E-state index contributed by atoms with van der Waals surface area (Å²) >= 11 is 0. The van der Waals surface area contributed by atoms with Crippen LogP contribution >= 0.6 is 0 Å². The SMILES string of the molecule is CC1C(CN2CCN(Cc3ccccc3)CC2)OC(c2ccc(CNC(=O)C3CCCN3C(=O)C(F)(F)F)cc2)OC1c1ccc(CO)cc1. The molecule has 0 radical (unpaired) electrons. The largest absolute Gasteiger partial charge is 0.471 e. The maximum absolute atomic E-state index is 13.0. The van der Waals surface area contributed by atoms with Gasteiger partial charge in [0.15, 0.2) is 6.29 Å². The Morgan fingerprint density at radius 3 is 2.12 bits per heavy atom. The van der Waals surface area contributed by atoms with Crippen molar-refractivity contribution in [1.29, 1.82) is 0 Å². The molecular formula is C38H45F3N4O5. The van der Waals surface area contributed by atoms with E-state index in [1.165, 1.54) is 5.56 Å². The number of hydrogen-bond acceptors (Lipinski definition) is 7. The number of benzene rings is 3. The molecular weight excluding hydrogens is 649 g/mol. The number of carbonyl (C=O) groups excluding carboxylic acids is 2. The van der Waals surface area contributed by atoms with Crippen LogP contribution in [0.4, 0.5) is 13.2 Å². The number of alkyl halides is 3. The molecule has 5 atom stereocenters. The van der Waals surface area contributed by atoms with Gasteiger partial charge in [-0.15, -0.1) is 0 Å². The highest BCUT2D eigenvalue weighted by Crippen LogP contribution is 2.42. The molecule has 0 bridgehead atoms. The van der Waals surface area contributed by atoms with E-state index in [0.717, 1.165) is 61.5 Å². The fourth-order valence-electron chi connectivity index (χ4n) is 7.10. The minimum absolute atomic E-state index is 0.0383. The highest BCUT2D eigenvalue weighted by Gasteiger charge is 2.47. The summed E-state index contributed by atoms with van der Waals surface area (Å²) in [5.74, 6) is -2.54. The lowest BCUT2D eigenvalue weighted by Crippen LogP contribution is -2.51. The summed E-state index contributed by atoms with van der Waals surface area (Å²) in [6, 6.07) is 24.6. The van der Waals surface area contributed by atoms with Crippen LogP contribution in [-0.4, -0.2) is 89.2 Å². The van der Waals surface area contributed by atoms with Crippen LogP contribution in [0.1, 0.15) is 60.0 Å². The third kappa shape index (κ3) is 8.73. The molecule has 6 rings (SSSR count). The van der Waals surface area contributed by atoms with Crippen molar-refractivity contribution in [2.45, 2.75) is 70.2 Å². The molecule has 268 valence electrons. The average Bonchev–Trinajstić information content (AvgIpc) is 3.62. The number of nitrogens with one attached hydrogen (secondary N) is 1. The number of halogens is 3. The van der Waals surface area contributed by atoms with Crippen LogP contribution in [0.2, 0.25) is 0 Å². The van der Waals surface area contributed by atoms with Crippen molar-refractivity contribution in [3.8, 4) is 0 Å². The highest BCUT2D eigenvalue weighted by molar-refractivity contribution is 5.90. The van der Waals surface area contributed by atoms with Crippen LogP contribution in [0.3, 0.4) is 0 Å². The maximum atomic E-state index is 13.0. The Balaban J connectivity index is 1.10. The van der Waals surface area contributed by atoms with Crippen LogP contribution in [0.15, 0.2) is 78.9 Å². The number of aliphatic hydroxyl groups excluding tert-OH is 1. The van der Waals surface area contributed by atoms with Gasteiger partial charge in [-0.1, -0.05) is 85.8 Å². The van der Waals surface area contributed by atoms with E-state index in [1.807, 2.05) is 54.6 Å². The second-order valence-electron chi connectivity index (χ2n) is 13.5. The Bertz CT molecular complexity index is 1570. The van der Waals surface area contributed by atoms with Gasteiger partial charge >= 0.3 is 12.1 Å². The number of carbonyl (C=O) groups is 2. The monoisotopic (exact) mass is 694 g/mol. The fraction of sp³-hybridized carbons (Fsp3) is 0.474. The number of nitrogens with zero attached hydrogens (tertiary/aromatic N) is 3. The number of ether oxygens (including phenoxy) is 2. The van der Waals surface area contributed by atoms with E-state index in [9.17, 15) is 27.9 Å². The Hall–Kier alpha value is -3.81. The Morgan fingerprint density at radius 2 is 1.46 bits per heavy atom. The van der Waals surface area contributed by atoms with Crippen molar-refractivity contribution in [2.24, 2.45) is 5.92 Å². The van der Waals surface area contributed by atoms with E-state index in [-0.39, 0.29) is 44.2 Å². The molecule has 0 aromatic heterocycles. The zero-order chi connectivity index (χ0) is 35.3. The van der Waals surface area contributed by atoms with Gasteiger partial charge in [0.1, 0.15) is 6.04 Å². The smallest absolute Gasteiger partial charge is 0.392 e. The number of amides is 2. The molecule has 3 fully saturated rings. The van der Waals surface area contributed by atoms with Crippen molar-refractivity contribution < 1.29 is 37.3 Å². The van der Waals surface area contributed by atoms with Crippen molar-refractivity contribution in [3.05, 3.63) is 107 Å². The van der Waals surface area contributed by atoms with Gasteiger partial charge in [0.25, 0.3) is 0 Å². The van der Waals surface area contributed by atoms with Crippen molar-refractivity contribution >= 4 is 11.8 Å². The summed E-state index contributed by atoms with van der Waals surface area (Å²) in [5, 5.41) is 12.3. The van der Waals surface area contributed by atoms with Crippen LogP contribution in [0, 0.1) is 5.92 Å². The predicted molar refractivity (Wildman–Crippen MR) is 180 cm³/mol. The van der Waals surface area contributed by atoms with Gasteiger partial charge in [0, 0.05) is 63.8 Å². The molecule has 12 heteroatoms. The summed E-state index contributed by atoms with van der Waals surface area (Å²) in [4.78, 5) is 30.1. The summed E-state index contributed by atoms with van der Waals surface area (Å²) < 4.78 is 52.3. The third-order valence-electron chi connectivity index (χ3n) is 10.1. The number of likely N-dealkylation sites (tertiary alicyclic amines) is 1. The quantitative estimate of drug-likeness (QED) is 0.310. The molecule has 5 unspecified atom stereocenters. The number of rotatable bonds is 10. The molecule has 9 nitrogen and oxygen atoms in total. The molecule has 0 aliphatic carbocycles. The topological polar surface area (TPSA) is 94.6 Å². The van der Waals surface area contributed by atoms with Crippen molar-refractivity contribution in [3.63, 3.8) is 0 Å². The first-order chi connectivity index (χ1) is 24.1. The molecule has 3 aliphatic heterocycles. The molecule has 2 amide bonds. The maximum Gasteiger partial charge on any atom is 0.471 e. The molecule has 3 aliphatic rings. The van der Waals surface area contributed by atoms with Gasteiger partial charge in [-0.25, -0.2) is 0 Å². The predicted octanol–water partition coefficient (Wildman–Crippen LogP) is 4.96. The number of aliphatic hydroxyl groups is 1. The second kappa shape index (κ2) is 16.0. The molecule has 0 saturated carbocycles. The lowest BCUT2D eigenvalue weighted by Gasteiger charge is -2.44. The lowest BCUT2D eigenvalue weighted by molar-refractivity contribution is -0.276. The van der Waals surface area contributed by atoms with Crippen LogP contribution in [0.25, 0.3) is 0 Å². The number of piperazine rings is 1. The molecule has 3 aromatic rings. The van der Waals surface area contributed by atoms with Crippen molar-refractivity contribution in [1.82, 2.24) is 20.0 Å². The van der Waals surface area contributed by atoms with E-state index in [0.29, 0.717) is 11.3 Å². The van der Waals surface area contributed by atoms with E-state index in [1.54, 1.807) is 0 Å². The molecule has 3 aromatic carbocycles. The Morgan fingerprint density at radius 1 is 0.820 bits per heavy atom. The molecule has 2 N–H and O–H groups in total. The summed E-state index contributed by atoms with van der Waals surface area (Å²) in [6.07, 6.45) is -5.51. The fourth-order valence-corrected chi connectivity index (χ4v) is 7.10. The van der Waals surface area contributed by atoms with Gasteiger partial charge in [-0.05, 0) is 35.1 Å². The molecule has 3 saturated heterocycles. The van der Waals surface area contributed by atoms with E-state index < -0.39 is 30.3 Å². The minimum atomic E-state index is -5.02. The summed E-state index contributed by atoms with van der Waals surface area (Å²) in [6.45, 7) is 7.62. The Labute approximate surface area is 290 Å². The first-order valence-corrected chi connectivity index (χ1v) is 17.3. The summed E-state index contributed by atoms with van der Waals surface area (Å²) in [7, 11) is 0. The third-order valence-corrected chi connectivity index (χ3v) is 10.1.